The fourth-order valence-electron chi connectivity index (χ4n) is 2.64. The summed E-state index contributed by atoms with van der Waals surface area (Å²) in [5.41, 5.74) is 1.77. The van der Waals surface area contributed by atoms with E-state index in [-0.39, 0.29) is 12.5 Å². The first-order chi connectivity index (χ1) is 13.0. The molecular formula is C20H18N2O4S. The summed E-state index contributed by atoms with van der Waals surface area (Å²) in [4.78, 5) is 36.6. The number of ether oxygens (including phenoxy) is 1. The van der Waals surface area contributed by atoms with Crippen molar-refractivity contribution in [3.63, 3.8) is 0 Å². The topological polar surface area (TPSA) is 84.5 Å². The summed E-state index contributed by atoms with van der Waals surface area (Å²) in [5, 5.41) is 6.35. The van der Waals surface area contributed by atoms with E-state index in [4.69, 9.17) is 0 Å². The summed E-state index contributed by atoms with van der Waals surface area (Å²) in [6, 6.07) is 14.4. The van der Waals surface area contributed by atoms with E-state index >= 15 is 0 Å². The van der Waals surface area contributed by atoms with E-state index in [1.807, 2.05) is 31.2 Å². The van der Waals surface area contributed by atoms with Crippen LogP contribution in [0.3, 0.4) is 0 Å². The predicted molar refractivity (Wildman–Crippen MR) is 105 cm³/mol. The van der Waals surface area contributed by atoms with Crippen LogP contribution in [0.15, 0.2) is 48.5 Å². The third kappa shape index (κ3) is 4.15. The van der Waals surface area contributed by atoms with Crippen LogP contribution in [-0.4, -0.2) is 31.4 Å². The quantitative estimate of drug-likeness (QED) is 0.663. The first-order valence-electron chi connectivity index (χ1n) is 8.24. The van der Waals surface area contributed by atoms with E-state index < -0.39 is 11.9 Å². The number of methoxy groups -OCH3 is 1. The molecule has 1 aromatic heterocycles. The van der Waals surface area contributed by atoms with Crippen LogP contribution in [0.2, 0.25) is 0 Å². The van der Waals surface area contributed by atoms with Gasteiger partial charge in [0.15, 0.2) is 0 Å². The number of hydrogen-bond donors (Lipinski definition) is 2. The van der Waals surface area contributed by atoms with Gasteiger partial charge in [-0.1, -0.05) is 24.3 Å². The number of carbonyl (C=O) groups excluding carboxylic acids is 3. The van der Waals surface area contributed by atoms with Crippen molar-refractivity contribution in [3.05, 3.63) is 64.5 Å². The van der Waals surface area contributed by atoms with Gasteiger partial charge in [0, 0.05) is 16.0 Å². The minimum absolute atomic E-state index is 0.215. The van der Waals surface area contributed by atoms with Crippen molar-refractivity contribution in [2.45, 2.75) is 6.92 Å². The Morgan fingerprint density at radius 3 is 2.56 bits per heavy atom. The maximum atomic E-state index is 12.7. The number of amides is 2. The minimum atomic E-state index is -0.534. The van der Waals surface area contributed by atoms with Crippen LogP contribution in [0.4, 0.5) is 5.69 Å². The number of rotatable bonds is 5. The van der Waals surface area contributed by atoms with Crippen LogP contribution in [0.1, 0.15) is 25.6 Å². The van der Waals surface area contributed by atoms with E-state index in [1.54, 1.807) is 24.3 Å². The Morgan fingerprint density at radius 1 is 1.04 bits per heavy atom. The molecule has 2 aromatic carbocycles. The number of aryl methyl sites for hydroxylation is 1. The monoisotopic (exact) mass is 382 g/mol. The molecule has 6 nitrogen and oxygen atoms in total. The molecule has 0 saturated carbocycles. The smallest absolute Gasteiger partial charge is 0.325 e. The van der Waals surface area contributed by atoms with E-state index in [0.717, 1.165) is 15.6 Å². The molecule has 2 N–H and O–H groups in total. The Bertz CT molecular complexity index is 1030. The molecule has 2 amide bonds. The van der Waals surface area contributed by atoms with Gasteiger partial charge in [0.25, 0.3) is 11.8 Å². The second-order valence-electron chi connectivity index (χ2n) is 5.85. The Labute approximate surface area is 160 Å². The van der Waals surface area contributed by atoms with Crippen LogP contribution in [0.25, 0.3) is 10.1 Å². The lowest BCUT2D eigenvalue weighted by Crippen LogP contribution is -2.30. The highest BCUT2D eigenvalue weighted by molar-refractivity contribution is 7.21. The van der Waals surface area contributed by atoms with Gasteiger partial charge in [-0.25, -0.2) is 0 Å². The van der Waals surface area contributed by atoms with E-state index in [0.29, 0.717) is 16.1 Å². The summed E-state index contributed by atoms with van der Waals surface area (Å²) >= 11 is 1.43. The number of hydrogen-bond acceptors (Lipinski definition) is 5. The molecule has 27 heavy (non-hydrogen) atoms. The molecule has 3 aromatic rings. The second kappa shape index (κ2) is 8.01. The van der Waals surface area contributed by atoms with Crippen LogP contribution in [0, 0.1) is 6.92 Å². The van der Waals surface area contributed by atoms with Crippen molar-refractivity contribution < 1.29 is 19.1 Å². The number of nitrogens with one attached hydrogen (secondary N) is 2. The van der Waals surface area contributed by atoms with E-state index in [9.17, 15) is 14.4 Å². The molecule has 0 spiro atoms. The lowest BCUT2D eigenvalue weighted by atomic mass is 10.1. The summed E-state index contributed by atoms with van der Waals surface area (Å²) < 4.78 is 5.54. The molecule has 3 rings (SSSR count). The molecule has 138 valence electrons. The summed E-state index contributed by atoms with van der Waals surface area (Å²) in [5.74, 6) is -1.18. The molecule has 0 unspecified atom stereocenters. The molecule has 0 aliphatic carbocycles. The van der Waals surface area contributed by atoms with Gasteiger partial charge in [0.1, 0.15) is 6.54 Å². The normalized spacial score (nSPS) is 10.4. The van der Waals surface area contributed by atoms with Crippen LogP contribution >= 0.6 is 11.3 Å². The highest BCUT2D eigenvalue weighted by Gasteiger charge is 2.16. The number of benzene rings is 2. The number of esters is 1. The molecule has 0 saturated heterocycles. The van der Waals surface area contributed by atoms with Gasteiger partial charge in [-0.2, -0.15) is 0 Å². The SMILES string of the molecule is COC(=O)CNC(=O)c1cccc(NC(=O)c2sc3ccccc3c2C)c1. The van der Waals surface area contributed by atoms with Gasteiger partial charge in [-0.15, -0.1) is 11.3 Å². The van der Waals surface area contributed by atoms with Crippen LogP contribution in [0.5, 0.6) is 0 Å². The van der Waals surface area contributed by atoms with Gasteiger partial charge in [0.05, 0.1) is 12.0 Å². The lowest BCUT2D eigenvalue weighted by molar-refractivity contribution is -0.139. The van der Waals surface area contributed by atoms with Gasteiger partial charge < -0.3 is 15.4 Å². The molecular weight excluding hydrogens is 364 g/mol. The van der Waals surface area contributed by atoms with Gasteiger partial charge in [0.2, 0.25) is 0 Å². The second-order valence-corrected chi connectivity index (χ2v) is 6.90. The van der Waals surface area contributed by atoms with Crippen LogP contribution in [-0.2, 0) is 9.53 Å². The Balaban J connectivity index is 1.75. The first kappa shape index (κ1) is 18.6. The highest BCUT2D eigenvalue weighted by atomic mass is 32.1. The number of fused-ring (bicyclic) bond motifs is 1. The van der Waals surface area contributed by atoms with Crippen LogP contribution < -0.4 is 10.6 Å². The average molecular weight is 382 g/mol. The molecule has 0 aliphatic heterocycles. The average Bonchev–Trinajstić information content (AvgIpc) is 3.03. The fraction of sp³-hybridized carbons (Fsp3) is 0.150. The van der Waals surface area contributed by atoms with Crippen molar-refractivity contribution in [2.75, 3.05) is 19.0 Å². The molecule has 7 heteroatoms. The number of anilines is 1. The van der Waals surface area contributed by atoms with Gasteiger partial charge in [-0.3, -0.25) is 14.4 Å². The summed E-state index contributed by atoms with van der Waals surface area (Å²) in [6.45, 7) is 1.71. The highest BCUT2D eigenvalue weighted by Crippen LogP contribution is 2.31. The third-order valence-electron chi connectivity index (χ3n) is 4.05. The summed E-state index contributed by atoms with van der Waals surface area (Å²) in [6.07, 6.45) is 0. The maximum Gasteiger partial charge on any atom is 0.325 e. The van der Waals surface area contributed by atoms with Gasteiger partial charge in [-0.05, 0) is 42.1 Å². The minimum Gasteiger partial charge on any atom is -0.468 e. The maximum absolute atomic E-state index is 12.7. The van der Waals surface area contributed by atoms with Crippen molar-refractivity contribution in [1.29, 1.82) is 0 Å². The van der Waals surface area contributed by atoms with Crippen molar-refractivity contribution in [2.24, 2.45) is 0 Å². The molecule has 0 aliphatic rings. The van der Waals surface area contributed by atoms with E-state index in [2.05, 4.69) is 15.4 Å². The first-order valence-corrected chi connectivity index (χ1v) is 9.06. The zero-order valence-corrected chi connectivity index (χ0v) is 15.7. The van der Waals surface area contributed by atoms with Crippen molar-refractivity contribution in [3.8, 4) is 0 Å². The third-order valence-corrected chi connectivity index (χ3v) is 5.33. The molecule has 1 heterocycles. The number of thiophene rings is 1. The molecule has 0 bridgehead atoms. The fourth-order valence-corrected chi connectivity index (χ4v) is 3.75. The number of carbonyl (C=O) groups is 3. The Morgan fingerprint density at radius 2 is 1.81 bits per heavy atom. The Hall–Kier alpha value is -3.19. The molecule has 0 radical (unpaired) electrons. The van der Waals surface area contributed by atoms with Crippen molar-refractivity contribution >= 4 is 44.9 Å². The Kier molecular flexibility index (Phi) is 5.52. The van der Waals surface area contributed by atoms with E-state index in [1.165, 1.54) is 18.4 Å². The summed E-state index contributed by atoms with van der Waals surface area (Å²) in [7, 11) is 1.25. The standard InChI is InChI=1S/C20H18N2O4S/c1-12-15-8-3-4-9-16(15)27-18(12)20(25)22-14-7-5-6-13(10-14)19(24)21-11-17(23)26-2/h3-10H,11H2,1-2H3,(H,21,24)(H,22,25). The molecule has 0 atom stereocenters. The van der Waals surface area contributed by atoms with Gasteiger partial charge >= 0.3 is 5.97 Å². The zero-order chi connectivity index (χ0) is 19.4. The largest absolute Gasteiger partial charge is 0.468 e. The predicted octanol–water partition coefficient (Wildman–Crippen LogP) is 3.36. The van der Waals surface area contributed by atoms with Crippen molar-refractivity contribution in [1.82, 2.24) is 5.32 Å². The lowest BCUT2D eigenvalue weighted by Gasteiger charge is -2.08. The zero-order valence-electron chi connectivity index (χ0n) is 14.9. The molecule has 0 fully saturated rings.